The van der Waals surface area contributed by atoms with Crippen LogP contribution in [0.1, 0.15) is 10.4 Å². The Bertz CT molecular complexity index is 515. The number of anilines is 1. The summed E-state index contributed by atoms with van der Waals surface area (Å²) < 4.78 is 4.90. The number of hydrogen-bond acceptors (Lipinski definition) is 4. The van der Waals surface area contributed by atoms with Gasteiger partial charge in [-0.05, 0) is 12.1 Å². The number of carbonyl (C=O) groups excluding carboxylic acids is 2. The molecule has 0 aromatic heterocycles. The van der Waals surface area contributed by atoms with Gasteiger partial charge in [-0.15, -0.1) is 0 Å². The van der Waals surface area contributed by atoms with Gasteiger partial charge in [0.05, 0.1) is 13.7 Å². The number of methoxy groups -OCH3 is 1. The predicted octanol–water partition coefficient (Wildman–Crippen LogP) is 0.000200. The molecule has 0 radical (unpaired) electrons. The van der Waals surface area contributed by atoms with Crippen LogP contribution in [0.3, 0.4) is 0 Å². The molecule has 8 nitrogen and oxygen atoms in total. The maximum Gasteiger partial charge on any atom is 0.339 e. The number of carboxylic acid groups (broad SMARTS) is 1. The van der Waals surface area contributed by atoms with Crippen LogP contribution in [0.4, 0.5) is 10.5 Å². The standard InChI is InChI=1S/C11H13N3O5/c1-19-8-4-6(2-3-7(8)10(16)17)14-11(18)13-5-9(12)15/h2-4H,5H2,1H3,(H2,12,15)(H,16,17)(H2,13,14,18). The lowest BCUT2D eigenvalue weighted by molar-refractivity contribution is -0.117. The van der Waals surface area contributed by atoms with Gasteiger partial charge >= 0.3 is 12.0 Å². The number of aromatic carboxylic acids is 1. The van der Waals surface area contributed by atoms with Crippen LogP contribution >= 0.6 is 0 Å². The van der Waals surface area contributed by atoms with Crippen molar-refractivity contribution in [2.75, 3.05) is 19.0 Å². The van der Waals surface area contributed by atoms with Crippen molar-refractivity contribution in [2.24, 2.45) is 5.73 Å². The van der Waals surface area contributed by atoms with Gasteiger partial charge in [-0.1, -0.05) is 0 Å². The lowest BCUT2D eigenvalue weighted by atomic mass is 10.2. The maximum atomic E-state index is 11.3. The van der Waals surface area contributed by atoms with Crippen molar-refractivity contribution < 1.29 is 24.2 Å². The summed E-state index contributed by atoms with van der Waals surface area (Å²) in [5.74, 6) is -1.70. The number of carboxylic acids is 1. The molecular formula is C11H13N3O5. The molecule has 0 unspecified atom stereocenters. The third-order valence-corrected chi connectivity index (χ3v) is 2.11. The Balaban J connectivity index is 2.77. The Labute approximate surface area is 108 Å². The van der Waals surface area contributed by atoms with Gasteiger partial charge in [0.25, 0.3) is 0 Å². The molecule has 0 aliphatic heterocycles. The maximum absolute atomic E-state index is 11.3. The first kappa shape index (κ1) is 14.3. The van der Waals surface area contributed by atoms with Crippen molar-refractivity contribution in [3.63, 3.8) is 0 Å². The molecule has 19 heavy (non-hydrogen) atoms. The second-order valence-electron chi connectivity index (χ2n) is 3.49. The number of benzene rings is 1. The summed E-state index contributed by atoms with van der Waals surface area (Å²) in [4.78, 5) is 32.7. The van der Waals surface area contributed by atoms with Crippen LogP contribution in [0.15, 0.2) is 18.2 Å². The van der Waals surface area contributed by atoms with Crippen LogP contribution < -0.4 is 21.1 Å². The minimum Gasteiger partial charge on any atom is -0.496 e. The quantitative estimate of drug-likeness (QED) is 0.596. The first-order chi connectivity index (χ1) is 8.93. The molecule has 1 aromatic rings. The minimum atomic E-state index is -1.14. The van der Waals surface area contributed by atoms with E-state index >= 15 is 0 Å². The van der Waals surface area contributed by atoms with Gasteiger partial charge in [-0.25, -0.2) is 9.59 Å². The van der Waals surface area contributed by atoms with E-state index in [9.17, 15) is 14.4 Å². The fraction of sp³-hybridized carbons (Fsp3) is 0.182. The van der Waals surface area contributed by atoms with Crippen LogP contribution in [-0.2, 0) is 4.79 Å². The van der Waals surface area contributed by atoms with Gasteiger partial charge in [0.15, 0.2) is 0 Å². The van der Waals surface area contributed by atoms with Crippen LogP contribution in [0, 0.1) is 0 Å². The number of rotatable bonds is 5. The molecule has 0 spiro atoms. The van der Waals surface area contributed by atoms with Crippen molar-refractivity contribution in [1.82, 2.24) is 5.32 Å². The molecule has 1 aromatic carbocycles. The number of ether oxygens (including phenoxy) is 1. The molecular weight excluding hydrogens is 254 g/mol. The average molecular weight is 267 g/mol. The fourth-order valence-corrected chi connectivity index (χ4v) is 1.29. The zero-order chi connectivity index (χ0) is 14.4. The van der Waals surface area contributed by atoms with Crippen molar-refractivity contribution in [2.45, 2.75) is 0 Å². The summed E-state index contributed by atoms with van der Waals surface area (Å²) in [5.41, 5.74) is 5.17. The molecule has 0 bridgehead atoms. The van der Waals surface area contributed by atoms with Crippen LogP contribution in [-0.4, -0.2) is 36.7 Å². The third kappa shape index (κ3) is 4.19. The van der Waals surface area contributed by atoms with Crippen molar-refractivity contribution >= 4 is 23.6 Å². The van der Waals surface area contributed by atoms with Gasteiger partial charge in [0, 0.05) is 11.8 Å². The number of urea groups is 1. The number of nitrogens with two attached hydrogens (primary N) is 1. The van der Waals surface area contributed by atoms with E-state index in [-0.39, 0.29) is 17.9 Å². The Kier molecular flexibility index (Phi) is 4.69. The Morgan fingerprint density at radius 2 is 2.05 bits per heavy atom. The zero-order valence-electron chi connectivity index (χ0n) is 10.1. The summed E-state index contributed by atoms with van der Waals surface area (Å²) in [6.45, 7) is -0.295. The zero-order valence-corrected chi connectivity index (χ0v) is 10.1. The molecule has 0 saturated heterocycles. The molecule has 0 atom stereocenters. The lowest BCUT2D eigenvalue weighted by Crippen LogP contribution is -2.36. The van der Waals surface area contributed by atoms with E-state index in [0.717, 1.165) is 0 Å². The van der Waals surface area contributed by atoms with E-state index in [0.29, 0.717) is 5.69 Å². The molecule has 0 heterocycles. The molecule has 0 aliphatic rings. The third-order valence-electron chi connectivity index (χ3n) is 2.11. The second kappa shape index (κ2) is 6.24. The van der Waals surface area contributed by atoms with E-state index in [1.807, 2.05) is 0 Å². The topological polar surface area (TPSA) is 131 Å². The molecule has 8 heteroatoms. The number of nitrogens with one attached hydrogen (secondary N) is 2. The van der Waals surface area contributed by atoms with Gasteiger partial charge < -0.3 is 26.2 Å². The molecule has 0 saturated carbocycles. The predicted molar refractivity (Wildman–Crippen MR) is 66.2 cm³/mol. The average Bonchev–Trinajstić information content (AvgIpc) is 2.35. The highest BCUT2D eigenvalue weighted by Crippen LogP contribution is 2.23. The number of amides is 3. The molecule has 102 valence electrons. The normalized spacial score (nSPS) is 9.53. The lowest BCUT2D eigenvalue weighted by Gasteiger charge is -2.09. The summed E-state index contributed by atoms with van der Waals surface area (Å²) in [7, 11) is 1.32. The number of hydrogen-bond donors (Lipinski definition) is 4. The summed E-state index contributed by atoms with van der Waals surface area (Å²) in [5, 5.41) is 13.5. The highest BCUT2D eigenvalue weighted by molar-refractivity contribution is 5.95. The second-order valence-corrected chi connectivity index (χ2v) is 3.49. The minimum absolute atomic E-state index is 0.0226. The Morgan fingerprint density at radius 3 is 2.58 bits per heavy atom. The summed E-state index contributed by atoms with van der Waals surface area (Å²) in [6.07, 6.45) is 0. The number of carbonyl (C=O) groups is 3. The first-order valence-corrected chi connectivity index (χ1v) is 5.18. The molecule has 5 N–H and O–H groups in total. The van der Waals surface area contributed by atoms with Gasteiger partial charge in [0.1, 0.15) is 11.3 Å². The Morgan fingerprint density at radius 1 is 1.37 bits per heavy atom. The van der Waals surface area contributed by atoms with E-state index in [1.54, 1.807) is 0 Å². The highest BCUT2D eigenvalue weighted by atomic mass is 16.5. The van der Waals surface area contributed by atoms with Gasteiger partial charge in [-0.3, -0.25) is 4.79 Å². The van der Waals surface area contributed by atoms with Crippen LogP contribution in [0.25, 0.3) is 0 Å². The SMILES string of the molecule is COc1cc(NC(=O)NCC(N)=O)ccc1C(=O)O. The summed E-state index contributed by atoms with van der Waals surface area (Å²) in [6, 6.07) is 3.41. The van der Waals surface area contributed by atoms with E-state index in [1.165, 1.54) is 25.3 Å². The van der Waals surface area contributed by atoms with E-state index < -0.39 is 17.9 Å². The Hall–Kier alpha value is -2.77. The van der Waals surface area contributed by atoms with Crippen molar-refractivity contribution in [3.05, 3.63) is 23.8 Å². The summed E-state index contributed by atoms with van der Waals surface area (Å²) >= 11 is 0. The first-order valence-electron chi connectivity index (χ1n) is 5.18. The van der Waals surface area contributed by atoms with Crippen LogP contribution in [0.2, 0.25) is 0 Å². The van der Waals surface area contributed by atoms with E-state index in [4.69, 9.17) is 15.6 Å². The highest BCUT2D eigenvalue weighted by Gasteiger charge is 2.12. The largest absolute Gasteiger partial charge is 0.496 e. The molecule has 0 fully saturated rings. The van der Waals surface area contributed by atoms with Crippen molar-refractivity contribution in [1.29, 1.82) is 0 Å². The fourth-order valence-electron chi connectivity index (χ4n) is 1.29. The smallest absolute Gasteiger partial charge is 0.339 e. The van der Waals surface area contributed by atoms with Crippen molar-refractivity contribution in [3.8, 4) is 5.75 Å². The molecule has 3 amide bonds. The monoisotopic (exact) mass is 267 g/mol. The van der Waals surface area contributed by atoms with Gasteiger partial charge in [0.2, 0.25) is 5.91 Å². The van der Waals surface area contributed by atoms with E-state index in [2.05, 4.69) is 10.6 Å². The molecule has 0 aliphatic carbocycles. The van der Waals surface area contributed by atoms with Gasteiger partial charge in [-0.2, -0.15) is 0 Å². The number of primary amides is 1. The molecule has 1 rings (SSSR count). The van der Waals surface area contributed by atoms with Crippen LogP contribution in [0.5, 0.6) is 5.75 Å².